The van der Waals surface area contributed by atoms with Crippen molar-refractivity contribution in [3.05, 3.63) is 35.7 Å². The lowest BCUT2D eigenvalue weighted by atomic mass is 9.87. The highest BCUT2D eigenvalue weighted by molar-refractivity contribution is 8.00. The van der Waals surface area contributed by atoms with Gasteiger partial charge in [0.05, 0.1) is 5.75 Å². The fourth-order valence-corrected chi connectivity index (χ4v) is 2.60. The molecule has 0 radical (unpaired) electrons. The lowest BCUT2D eigenvalue weighted by Crippen LogP contribution is -2.12. The molecule has 1 aromatic carbocycles. The maximum Gasteiger partial charge on any atom is 0.316 e. The van der Waals surface area contributed by atoms with Gasteiger partial charge in [-0.3, -0.25) is 4.79 Å². The zero-order valence-corrected chi connectivity index (χ0v) is 14.8. The van der Waals surface area contributed by atoms with E-state index >= 15 is 0 Å². The maximum atomic E-state index is 11.8. The SMILES string of the molecule is CC(C)(C)c1ccc(SCC(=O)OCc2nc(N)nc(N)n2)cc1. The largest absolute Gasteiger partial charge is 0.457 e. The highest BCUT2D eigenvalue weighted by atomic mass is 32.2. The highest BCUT2D eigenvalue weighted by Gasteiger charge is 2.13. The van der Waals surface area contributed by atoms with Crippen molar-refractivity contribution in [2.75, 3.05) is 17.2 Å². The maximum absolute atomic E-state index is 11.8. The van der Waals surface area contributed by atoms with E-state index in [2.05, 4.69) is 47.9 Å². The molecule has 0 aliphatic rings. The number of thioether (sulfide) groups is 1. The van der Waals surface area contributed by atoms with Gasteiger partial charge in [0, 0.05) is 4.90 Å². The van der Waals surface area contributed by atoms with Crippen molar-refractivity contribution in [3.8, 4) is 0 Å². The summed E-state index contributed by atoms with van der Waals surface area (Å²) in [6.07, 6.45) is 0. The van der Waals surface area contributed by atoms with Crippen LogP contribution in [0.5, 0.6) is 0 Å². The summed E-state index contributed by atoms with van der Waals surface area (Å²) in [6.45, 7) is 6.40. The van der Waals surface area contributed by atoms with E-state index in [1.54, 1.807) is 0 Å². The summed E-state index contributed by atoms with van der Waals surface area (Å²) in [6, 6.07) is 8.16. The van der Waals surface area contributed by atoms with Crippen LogP contribution in [0.1, 0.15) is 32.2 Å². The first-order chi connectivity index (χ1) is 11.2. The van der Waals surface area contributed by atoms with Gasteiger partial charge in [-0.2, -0.15) is 15.0 Å². The summed E-state index contributed by atoms with van der Waals surface area (Å²) in [5.41, 5.74) is 12.3. The predicted octanol–water partition coefficient (Wildman–Crippen LogP) is 2.17. The Hall–Kier alpha value is -2.35. The Morgan fingerprint density at radius 2 is 1.67 bits per heavy atom. The van der Waals surface area contributed by atoms with E-state index in [9.17, 15) is 4.79 Å². The normalized spacial score (nSPS) is 11.3. The van der Waals surface area contributed by atoms with Crippen LogP contribution in [-0.4, -0.2) is 26.7 Å². The summed E-state index contributed by atoms with van der Waals surface area (Å²) < 4.78 is 5.11. The number of carbonyl (C=O) groups is 1. The van der Waals surface area contributed by atoms with Crippen molar-refractivity contribution in [3.63, 3.8) is 0 Å². The standard InChI is InChI=1S/C16H21N5O2S/c1-16(2,3)10-4-6-11(7-5-10)24-9-13(22)23-8-12-19-14(17)21-15(18)20-12/h4-7H,8-9H2,1-3H3,(H4,17,18,19,20,21). The average molecular weight is 347 g/mol. The van der Waals surface area contributed by atoms with Crippen LogP contribution in [-0.2, 0) is 21.6 Å². The number of esters is 1. The predicted molar refractivity (Wildman–Crippen MR) is 94.3 cm³/mol. The Bertz CT molecular complexity index is 693. The molecular weight excluding hydrogens is 326 g/mol. The zero-order chi connectivity index (χ0) is 17.7. The van der Waals surface area contributed by atoms with Gasteiger partial charge in [0.15, 0.2) is 12.4 Å². The molecule has 0 spiro atoms. The number of aromatic nitrogens is 3. The molecule has 0 saturated carbocycles. The van der Waals surface area contributed by atoms with Gasteiger partial charge in [0.1, 0.15) is 0 Å². The van der Waals surface area contributed by atoms with E-state index in [0.717, 1.165) is 4.90 Å². The molecule has 2 aromatic rings. The number of hydrogen-bond donors (Lipinski definition) is 2. The molecule has 0 atom stereocenters. The minimum Gasteiger partial charge on any atom is -0.457 e. The number of nitrogens with zero attached hydrogens (tertiary/aromatic N) is 3. The number of nitrogen functional groups attached to an aromatic ring is 2. The highest BCUT2D eigenvalue weighted by Crippen LogP contribution is 2.25. The Morgan fingerprint density at radius 1 is 1.08 bits per heavy atom. The van der Waals surface area contributed by atoms with Crippen molar-refractivity contribution in [2.24, 2.45) is 0 Å². The van der Waals surface area contributed by atoms with Gasteiger partial charge in [-0.05, 0) is 23.1 Å². The number of nitrogens with two attached hydrogens (primary N) is 2. The molecule has 0 aliphatic carbocycles. The first kappa shape index (κ1) is 18.0. The van der Waals surface area contributed by atoms with E-state index in [1.165, 1.54) is 17.3 Å². The summed E-state index contributed by atoms with van der Waals surface area (Å²) in [7, 11) is 0. The molecule has 128 valence electrons. The van der Waals surface area contributed by atoms with Crippen LogP contribution in [0.3, 0.4) is 0 Å². The Morgan fingerprint density at radius 3 is 2.21 bits per heavy atom. The first-order valence-electron chi connectivity index (χ1n) is 7.39. The summed E-state index contributed by atoms with van der Waals surface area (Å²) in [4.78, 5) is 24.2. The van der Waals surface area contributed by atoms with Crippen LogP contribution in [0, 0.1) is 0 Å². The Kier molecular flexibility index (Phi) is 5.61. The number of rotatable bonds is 5. The molecule has 0 bridgehead atoms. The lowest BCUT2D eigenvalue weighted by Gasteiger charge is -2.18. The number of ether oxygens (including phenoxy) is 1. The number of carbonyl (C=O) groups excluding carboxylic acids is 1. The fourth-order valence-electron chi connectivity index (χ4n) is 1.90. The van der Waals surface area contributed by atoms with Gasteiger partial charge in [0.2, 0.25) is 11.9 Å². The van der Waals surface area contributed by atoms with Crippen molar-refractivity contribution in [2.45, 2.75) is 37.7 Å². The number of anilines is 2. The summed E-state index contributed by atoms with van der Waals surface area (Å²) in [5, 5.41) is 0. The van der Waals surface area contributed by atoms with E-state index in [-0.39, 0.29) is 41.5 Å². The van der Waals surface area contributed by atoms with Crippen LogP contribution < -0.4 is 11.5 Å². The molecule has 24 heavy (non-hydrogen) atoms. The van der Waals surface area contributed by atoms with Crippen LogP contribution >= 0.6 is 11.8 Å². The van der Waals surface area contributed by atoms with E-state index in [4.69, 9.17) is 16.2 Å². The molecule has 8 heteroatoms. The Labute approximate surface area is 145 Å². The molecule has 0 aliphatic heterocycles. The lowest BCUT2D eigenvalue weighted by molar-refractivity contribution is -0.141. The Balaban J connectivity index is 1.82. The minimum atomic E-state index is -0.363. The van der Waals surface area contributed by atoms with Gasteiger partial charge >= 0.3 is 5.97 Å². The molecule has 0 saturated heterocycles. The smallest absolute Gasteiger partial charge is 0.316 e. The van der Waals surface area contributed by atoms with Crippen molar-refractivity contribution >= 4 is 29.6 Å². The summed E-state index contributed by atoms with van der Waals surface area (Å²) >= 11 is 1.41. The van der Waals surface area contributed by atoms with Crippen LogP contribution in [0.4, 0.5) is 11.9 Å². The first-order valence-corrected chi connectivity index (χ1v) is 8.37. The van der Waals surface area contributed by atoms with Crippen molar-refractivity contribution in [1.82, 2.24) is 15.0 Å². The van der Waals surface area contributed by atoms with Gasteiger partial charge in [-0.25, -0.2) is 0 Å². The van der Waals surface area contributed by atoms with E-state index < -0.39 is 0 Å². The molecule has 1 aromatic heterocycles. The third-order valence-corrected chi connectivity index (χ3v) is 4.14. The molecule has 4 N–H and O–H groups in total. The second-order valence-corrected chi connectivity index (χ2v) is 7.24. The topological polar surface area (TPSA) is 117 Å². The third kappa shape index (κ3) is 5.38. The van der Waals surface area contributed by atoms with Gasteiger partial charge < -0.3 is 16.2 Å². The fraction of sp³-hybridized carbons (Fsp3) is 0.375. The molecular formula is C16H21N5O2S. The molecule has 0 fully saturated rings. The molecule has 0 unspecified atom stereocenters. The van der Waals surface area contributed by atoms with E-state index in [1.807, 2.05) is 12.1 Å². The molecule has 1 heterocycles. The van der Waals surface area contributed by atoms with Crippen LogP contribution in [0.2, 0.25) is 0 Å². The third-order valence-electron chi connectivity index (χ3n) is 3.16. The van der Waals surface area contributed by atoms with E-state index in [0.29, 0.717) is 0 Å². The quantitative estimate of drug-likeness (QED) is 0.624. The van der Waals surface area contributed by atoms with Crippen LogP contribution in [0.15, 0.2) is 29.2 Å². The number of hydrogen-bond acceptors (Lipinski definition) is 8. The summed E-state index contributed by atoms with van der Waals surface area (Å²) in [5.74, 6) is 0.0688. The monoisotopic (exact) mass is 347 g/mol. The zero-order valence-electron chi connectivity index (χ0n) is 13.9. The van der Waals surface area contributed by atoms with Crippen molar-refractivity contribution < 1.29 is 9.53 Å². The van der Waals surface area contributed by atoms with Crippen molar-refractivity contribution in [1.29, 1.82) is 0 Å². The second-order valence-electron chi connectivity index (χ2n) is 6.19. The molecule has 0 amide bonds. The number of benzene rings is 1. The van der Waals surface area contributed by atoms with Gasteiger partial charge in [-0.1, -0.05) is 32.9 Å². The average Bonchev–Trinajstić information content (AvgIpc) is 2.49. The van der Waals surface area contributed by atoms with Crippen LogP contribution in [0.25, 0.3) is 0 Å². The molecule has 2 rings (SSSR count). The second kappa shape index (κ2) is 7.48. The van der Waals surface area contributed by atoms with Gasteiger partial charge in [-0.15, -0.1) is 11.8 Å². The minimum absolute atomic E-state index is 0.00172. The van der Waals surface area contributed by atoms with Gasteiger partial charge in [0.25, 0.3) is 0 Å². The molecule has 7 nitrogen and oxygen atoms in total.